The fraction of sp³-hybridized carbons (Fsp3) is 0.250. The molecule has 2 aromatic rings. The monoisotopic (exact) mass is 294 g/mol. The SMILES string of the molecule is CCCCCOc1ccc(C=CC(=O)c2ccccc2)cc1. The minimum atomic E-state index is 0.0143. The van der Waals surface area contributed by atoms with Crippen LogP contribution in [-0.2, 0) is 0 Å². The molecule has 0 saturated heterocycles. The molecule has 0 N–H and O–H groups in total. The zero-order valence-corrected chi connectivity index (χ0v) is 13.0. The molecule has 0 radical (unpaired) electrons. The zero-order chi connectivity index (χ0) is 15.6. The van der Waals surface area contributed by atoms with Crippen LogP contribution in [-0.4, -0.2) is 12.4 Å². The highest BCUT2D eigenvalue weighted by atomic mass is 16.5. The molecule has 2 aromatic carbocycles. The second-order valence-corrected chi connectivity index (χ2v) is 5.19. The molecular formula is C20H22O2. The smallest absolute Gasteiger partial charge is 0.185 e. The van der Waals surface area contributed by atoms with Gasteiger partial charge >= 0.3 is 0 Å². The molecule has 114 valence electrons. The average Bonchev–Trinajstić information content (AvgIpc) is 2.58. The molecule has 0 aliphatic carbocycles. The molecule has 2 rings (SSSR count). The van der Waals surface area contributed by atoms with E-state index in [4.69, 9.17) is 4.74 Å². The summed E-state index contributed by atoms with van der Waals surface area (Å²) in [4.78, 5) is 12.0. The van der Waals surface area contributed by atoms with E-state index in [1.165, 1.54) is 12.8 Å². The number of carbonyl (C=O) groups excluding carboxylic acids is 1. The van der Waals surface area contributed by atoms with Gasteiger partial charge in [0.1, 0.15) is 5.75 Å². The first-order valence-electron chi connectivity index (χ1n) is 7.80. The van der Waals surface area contributed by atoms with Gasteiger partial charge in [-0.15, -0.1) is 0 Å². The van der Waals surface area contributed by atoms with Crippen molar-refractivity contribution in [1.29, 1.82) is 0 Å². The summed E-state index contributed by atoms with van der Waals surface area (Å²) in [5.74, 6) is 0.892. The lowest BCUT2D eigenvalue weighted by Crippen LogP contribution is -1.96. The van der Waals surface area contributed by atoms with Crippen molar-refractivity contribution >= 4 is 11.9 Å². The standard InChI is InChI=1S/C20H22O2/c1-2-3-7-16-22-19-13-10-17(11-14-19)12-15-20(21)18-8-5-4-6-9-18/h4-6,8-15H,2-3,7,16H2,1H3. The fourth-order valence-corrected chi connectivity index (χ4v) is 2.09. The first-order valence-corrected chi connectivity index (χ1v) is 7.80. The molecular weight excluding hydrogens is 272 g/mol. The quantitative estimate of drug-likeness (QED) is 0.382. The third-order valence-electron chi connectivity index (χ3n) is 3.38. The Morgan fingerprint density at radius 2 is 1.73 bits per heavy atom. The van der Waals surface area contributed by atoms with E-state index in [0.29, 0.717) is 5.56 Å². The van der Waals surface area contributed by atoms with Crippen LogP contribution in [0, 0.1) is 0 Å². The Bertz CT molecular complexity index is 597. The number of carbonyl (C=O) groups is 1. The van der Waals surface area contributed by atoms with Crippen LogP contribution in [0.5, 0.6) is 5.75 Å². The highest BCUT2D eigenvalue weighted by Gasteiger charge is 1.99. The Hall–Kier alpha value is -2.35. The highest BCUT2D eigenvalue weighted by molar-refractivity contribution is 6.06. The van der Waals surface area contributed by atoms with Crippen LogP contribution in [0.1, 0.15) is 42.1 Å². The molecule has 0 bridgehead atoms. The maximum Gasteiger partial charge on any atom is 0.185 e. The van der Waals surface area contributed by atoms with Gasteiger partial charge in [-0.3, -0.25) is 4.79 Å². The summed E-state index contributed by atoms with van der Waals surface area (Å²) in [7, 11) is 0. The lowest BCUT2D eigenvalue weighted by Gasteiger charge is -2.05. The van der Waals surface area contributed by atoms with Gasteiger partial charge in [-0.1, -0.05) is 68.3 Å². The molecule has 2 nitrogen and oxygen atoms in total. The minimum Gasteiger partial charge on any atom is -0.494 e. The molecule has 0 aromatic heterocycles. The predicted octanol–water partition coefficient (Wildman–Crippen LogP) is 5.15. The van der Waals surface area contributed by atoms with Crippen molar-refractivity contribution in [3.8, 4) is 5.75 Å². The van der Waals surface area contributed by atoms with Crippen molar-refractivity contribution in [1.82, 2.24) is 0 Å². The van der Waals surface area contributed by atoms with E-state index in [1.807, 2.05) is 60.7 Å². The number of unbranched alkanes of at least 4 members (excludes halogenated alkanes) is 2. The maximum absolute atomic E-state index is 12.0. The van der Waals surface area contributed by atoms with E-state index in [0.717, 1.165) is 24.3 Å². The Balaban J connectivity index is 1.88. The molecule has 0 saturated carbocycles. The van der Waals surface area contributed by atoms with Gasteiger partial charge in [0.25, 0.3) is 0 Å². The fourth-order valence-electron chi connectivity index (χ4n) is 2.09. The second-order valence-electron chi connectivity index (χ2n) is 5.19. The number of hydrogen-bond donors (Lipinski definition) is 0. The van der Waals surface area contributed by atoms with E-state index in [1.54, 1.807) is 6.08 Å². The molecule has 0 aliphatic heterocycles. The summed E-state index contributed by atoms with van der Waals surface area (Å²) < 4.78 is 5.67. The maximum atomic E-state index is 12.0. The Kier molecular flexibility index (Phi) is 6.43. The minimum absolute atomic E-state index is 0.0143. The Labute approximate surface area is 132 Å². The van der Waals surface area contributed by atoms with E-state index in [2.05, 4.69) is 6.92 Å². The van der Waals surface area contributed by atoms with E-state index >= 15 is 0 Å². The van der Waals surface area contributed by atoms with Gasteiger partial charge in [-0.25, -0.2) is 0 Å². The third-order valence-corrected chi connectivity index (χ3v) is 3.38. The number of rotatable bonds is 8. The Morgan fingerprint density at radius 1 is 1.00 bits per heavy atom. The molecule has 2 heteroatoms. The number of hydrogen-bond acceptors (Lipinski definition) is 2. The van der Waals surface area contributed by atoms with Gasteiger partial charge in [0, 0.05) is 5.56 Å². The van der Waals surface area contributed by atoms with Gasteiger partial charge in [0.05, 0.1) is 6.61 Å². The van der Waals surface area contributed by atoms with Crippen LogP contribution in [0.2, 0.25) is 0 Å². The largest absolute Gasteiger partial charge is 0.494 e. The van der Waals surface area contributed by atoms with Crippen molar-refractivity contribution in [2.45, 2.75) is 26.2 Å². The zero-order valence-electron chi connectivity index (χ0n) is 13.0. The lowest BCUT2D eigenvalue weighted by molar-refractivity contribution is 0.104. The third kappa shape index (κ3) is 5.21. The molecule has 0 amide bonds. The van der Waals surface area contributed by atoms with Crippen molar-refractivity contribution in [3.05, 3.63) is 71.8 Å². The highest BCUT2D eigenvalue weighted by Crippen LogP contribution is 2.14. The summed E-state index contributed by atoms with van der Waals surface area (Å²) in [6.45, 7) is 2.94. The van der Waals surface area contributed by atoms with Gasteiger partial charge < -0.3 is 4.74 Å². The average molecular weight is 294 g/mol. The van der Waals surface area contributed by atoms with Crippen LogP contribution in [0.25, 0.3) is 6.08 Å². The number of ether oxygens (including phenoxy) is 1. The molecule has 0 unspecified atom stereocenters. The van der Waals surface area contributed by atoms with Crippen molar-refractivity contribution in [2.24, 2.45) is 0 Å². The summed E-state index contributed by atoms with van der Waals surface area (Å²) in [6.07, 6.45) is 6.91. The molecule has 0 aliphatic rings. The number of ketones is 1. The predicted molar refractivity (Wildman–Crippen MR) is 91.3 cm³/mol. The van der Waals surface area contributed by atoms with E-state index < -0.39 is 0 Å². The molecule has 0 heterocycles. The molecule has 0 atom stereocenters. The van der Waals surface area contributed by atoms with Crippen molar-refractivity contribution in [2.75, 3.05) is 6.61 Å². The van der Waals surface area contributed by atoms with Gasteiger partial charge in [-0.2, -0.15) is 0 Å². The van der Waals surface area contributed by atoms with Crippen LogP contribution in [0.15, 0.2) is 60.7 Å². The summed E-state index contributed by atoms with van der Waals surface area (Å²) in [6, 6.07) is 17.1. The summed E-state index contributed by atoms with van der Waals surface area (Å²) in [5.41, 5.74) is 1.69. The Morgan fingerprint density at radius 3 is 2.41 bits per heavy atom. The topological polar surface area (TPSA) is 26.3 Å². The van der Waals surface area contributed by atoms with Crippen molar-refractivity contribution < 1.29 is 9.53 Å². The second kappa shape index (κ2) is 8.83. The van der Waals surface area contributed by atoms with Gasteiger partial charge in [-0.05, 0) is 30.2 Å². The van der Waals surface area contributed by atoms with Crippen LogP contribution < -0.4 is 4.74 Å². The van der Waals surface area contributed by atoms with Crippen LogP contribution in [0.3, 0.4) is 0 Å². The lowest BCUT2D eigenvalue weighted by atomic mass is 10.1. The number of allylic oxidation sites excluding steroid dienone is 1. The van der Waals surface area contributed by atoms with Gasteiger partial charge in [0.2, 0.25) is 0 Å². The first kappa shape index (κ1) is 16.0. The normalized spacial score (nSPS) is 10.8. The first-order chi connectivity index (χ1) is 10.8. The van der Waals surface area contributed by atoms with Crippen LogP contribution >= 0.6 is 0 Å². The van der Waals surface area contributed by atoms with E-state index in [9.17, 15) is 4.79 Å². The van der Waals surface area contributed by atoms with Gasteiger partial charge in [0.15, 0.2) is 5.78 Å². The molecule has 0 fully saturated rings. The van der Waals surface area contributed by atoms with Crippen LogP contribution in [0.4, 0.5) is 0 Å². The van der Waals surface area contributed by atoms with E-state index in [-0.39, 0.29) is 5.78 Å². The summed E-state index contributed by atoms with van der Waals surface area (Å²) in [5, 5.41) is 0. The molecule has 22 heavy (non-hydrogen) atoms. The molecule has 0 spiro atoms. The number of benzene rings is 2. The summed E-state index contributed by atoms with van der Waals surface area (Å²) >= 11 is 0. The van der Waals surface area contributed by atoms with Crippen molar-refractivity contribution in [3.63, 3.8) is 0 Å².